The molecule has 0 spiro atoms. The van der Waals surface area contributed by atoms with Gasteiger partial charge in [-0.05, 0) is 62.2 Å². The highest BCUT2D eigenvalue weighted by molar-refractivity contribution is 6.30. The number of halogens is 1. The van der Waals surface area contributed by atoms with E-state index in [2.05, 4.69) is 11.4 Å². The van der Waals surface area contributed by atoms with E-state index in [0.29, 0.717) is 22.9 Å². The quantitative estimate of drug-likeness (QED) is 0.453. The lowest BCUT2D eigenvalue weighted by molar-refractivity contribution is 0.0949. The van der Waals surface area contributed by atoms with E-state index in [9.17, 15) is 4.79 Å². The van der Waals surface area contributed by atoms with Gasteiger partial charge in [0.25, 0.3) is 5.91 Å². The number of carbonyl (C=O) groups excluding carboxylic acids is 1. The standard InChI is InChI=1S/C24H21ClN2O2/c1-14-11-15(2)22-20(12-14)21(24(28)26-13-19-5-4-10-29-19)16(3)23(27-22)17-6-8-18(25)9-7-17/h4-12H,13H2,1-3H3,(H,26,28). The summed E-state index contributed by atoms with van der Waals surface area (Å²) >= 11 is 6.06. The average Bonchev–Trinajstić information content (AvgIpc) is 3.20. The number of nitrogens with one attached hydrogen (secondary N) is 1. The van der Waals surface area contributed by atoms with Gasteiger partial charge in [0, 0.05) is 16.0 Å². The maximum absolute atomic E-state index is 13.2. The van der Waals surface area contributed by atoms with Gasteiger partial charge in [0.15, 0.2) is 0 Å². The molecule has 2 aromatic carbocycles. The van der Waals surface area contributed by atoms with Gasteiger partial charge >= 0.3 is 0 Å². The highest BCUT2D eigenvalue weighted by Crippen LogP contribution is 2.32. The van der Waals surface area contributed by atoms with Crippen LogP contribution < -0.4 is 5.32 Å². The molecule has 0 aliphatic carbocycles. The molecule has 0 saturated carbocycles. The fourth-order valence-corrected chi connectivity index (χ4v) is 3.79. The first kappa shape index (κ1) is 19.2. The number of hydrogen-bond acceptors (Lipinski definition) is 3. The van der Waals surface area contributed by atoms with Gasteiger partial charge in [0.1, 0.15) is 5.76 Å². The number of aryl methyl sites for hydroxylation is 2. The van der Waals surface area contributed by atoms with Crippen LogP contribution in [0.5, 0.6) is 0 Å². The van der Waals surface area contributed by atoms with Crippen molar-refractivity contribution < 1.29 is 9.21 Å². The van der Waals surface area contributed by atoms with Crippen molar-refractivity contribution >= 4 is 28.4 Å². The second-order valence-corrected chi connectivity index (χ2v) is 7.64. The molecule has 0 unspecified atom stereocenters. The minimum atomic E-state index is -0.147. The van der Waals surface area contributed by atoms with Crippen LogP contribution >= 0.6 is 11.6 Å². The van der Waals surface area contributed by atoms with Crippen molar-refractivity contribution in [2.24, 2.45) is 0 Å². The summed E-state index contributed by atoms with van der Waals surface area (Å²) in [5.41, 5.74) is 6.14. The molecule has 0 aliphatic rings. The zero-order chi connectivity index (χ0) is 20.5. The van der Waals surface area contributed by atoms with Gasteiger partial charge in [-0.15, -0.1) is 0 Å². The lowest BCUT2D eigenvalue weighted by Gasteiger charge is -2.16. The molecule has 0 saturated heterocycles. The Bertz CT molecular complexity index is 1200. The van der Waals surface area contributed by atoms with E-state index < -0.39 is 0 Å². The second-order valence-electron chi connectivity index (χ2n) is 7.21. The van der Waals surface area contributed by atoms with Crippen molar-refractivity contribution in [2.75, 3.05) is 0 Å². The Kier molecular flexibility index (Phi) is 5.12. The molecule has 0 bridgehead atoms. The van der Waals surface area contributed by atoms with Gasteiger partial charge in [-0.25, -0.2) is 4.98 Å². The first-order valence-corrected chi connectivity index (χ1v) is 9.80. The minimum absolute atomic E-state index is 0.147. The summed E-state index contributed by atoms with van der Waals surface area (Å²) in [6.07, 6.45) is 1.60. The fourth-order valence-electron chi connectivity index (χ4n) is 3.67. The lowest BCUT2D eigenvalue weighted by Crippen LogP contribution is -2.24. The van der Waals surface area contributed by atoms with Crippen LogP contribution in [0.25, 0.3) is 22.2 Å². The molecule has 146 valence electrons. The van der Waals surface area contributed by atoms with Gasteiger partial charge < -0.3 is 9.73 Å². The van der Waals surface area contributed by atoms with E-state index in [0.717, 1.165) is 38.9 Å². The largest absolute Gasteiger partial charge is 0.467 e. The van der Waals surface area contributed by atoms with Crippen molar-refractivity contribution in [3.05, 3.63) is 87.8 Å². The molecule has 29 heavy (non-hydrogen) atoms. The number of benzene rings is 2. The third-order valence-electron chi connectivity index (χ3n) is 5.02. The Morgan fingerprint density at radius 3 is 2.55 bits per heavy atom. The van der Waals surface area contributed by atoms with E-state index in [1.54, 1.807) is 12.3 Å². The van der Waals surface area contributed by atoms with Crippen LogP contribution in [0.1, 0.15) is 32.8 Å². The highest BCUT2D eigenvalue weighted by Gasteiger charge is 2.20. The van der Waals surface area contributed by atoms with Crippen LogP contribution in [-0.4, -0.2) is 10.9 Å². The van der Waals surface area contributed by atoms with Crippen molar-refractivity contribution in [2.45, 2.75) is 27.3 Å². The molecule has 0 atom stereocenters. The molecule has 0 radical (unpaired) electrons. The van der Waals surface area contributed by atoms with Crippen LogP contribution in [0.2, 0.25) is 5.02 Å². The maximum atomic E-state index is 13.2. The monoisotopic (exact) mass is 404 g/mol. The third-order valence-corrected chi connectivity index (χ3v) is 5.27. The molecule has 1 N–H and O–H groups in total. The van der Waals surface area contributed by atoms with Crippen LogP contribution in [0.15, 0.2) is 59.2 Å². The first-order chi connectivity index (χ1) is 13.9. The van der Waals surface area contributed by atoms with Crippen LogP contribution in [0, 0.1) is 20.8 Å². The number of amides is 1. The molecule has 4 nitrogen and oxygen atoms in total. The number of pyridine rings is 1. The number of fused-ring (bicyclic) bond motifs is 1. The summed E-state index contributed by atoms with van der Waals surface area (Å²) in [4.78, 5) is 18.2. The predicted octanol–water partition coefficient (Wildman–Crippen LogP) is 6.00. The van der Waals surface area contributed by atoms with E-state index in [-0.39, 0.29) is 5.91 Å². The van der Waals surface area contributed by atoms with Crippen LogP contribution in [0.3, 0.4) is 0 Å². The number of rotatable bonds is 4. The molecule has 0 fully saturated rings. The summed E-state index contributed by atoms with van der Waals surface area (Å²) in [5.74, 6) is 0.561. The molecule has 5 heteroatoms. The maximum Gasteiger partial charge on any atom is 0.252 e. The first-order valence-electron chi connectivity index (χ1n) is 9.42. The zero-order valence-electron chi connectivity index (χ0n) is 16.5. The van der Waals surface area contributed by atoms with E-state index in [1.807, 2.05) is 57.2 Å². The van der Waals surface area contributed by atoms with Crippen molar-refractivity contribution in [1.29, 1.82) is 0 Å². The van der Waals surface area contributed by atoms with Crippen molar-refractivity contribution in [3.63, 3.8) is 0 Å². The highest BCUT2D eigenvalue weighted by atomic mass is 35.5. The molecular weight excluding hydrogens is 384 g/mol. The van der Waals surface area contributed by atoms with Crippen LogP contribution in [-0.2, 0) is 6.54 Å². The lowest BCUT2D eigenvalue weighted by atomic mass is 9.94. The SMILES string of the molecule is Cc1cc(C)c2nc(-c3ccc(Cl)cc3)c(C)c(C(=O)NCc3ccco3)c2c1. The summed E-state index contributed by atoms with van der Waals surface area (Å²) in [5, 5.41) is 4.50. The van der Waals surface area contributed by atoms with Gasteiger partial charge in [0.05, 0.1) is 29.6 Å². The molecule has 4 aromatic rings. The fraction of sp³-hybridized carbons (Fsp3) is 0.167. The normalized spacial score (nSPS) is 11.0. The Balaban J connectivity index is 1.89. The Hall–Kier alpha value is -3.11. The van der Waals surface area contributed by atoms with Gasteiger partial charge in [-0.1, -0.05) is 35.4 Å². The molecule has 2 aromatic heterocycles. The van der Waals surface area contributed by atoms with Gasteiger partial charge in [0.2, 0.25) is 0 Å². The second kappa shape index (κ2) is 7.72. The van der Waals surface area contributed by atoms with Crippen molar-refractivity contribution in [1.82, 2.24) is 10.3 Å². The van der Waals surface area contributed by atoms with E-state index in [4.69, 9.17) is 21.0 Å². The Labute approximate surface area is 174 Å². The minimum Gasteiger partial charge on any atom is -0.467 e. The Morgan fingerprint density at radius 2 is 1.86 bits per heavy atom. The average molecular weight is 405 g/mol. The van der Waals surface area contributed by atoms with E-state index in [1.165, 1.54) is 0 Å². The molecule has 4 rings (SSSR count). The number of carbonyl (C=O) groups is 1. The molecule has 2 heterocycles. The van der Waals surface area contributed by atoms with Crippen LogP contribution in [0.4, 0.5) is 0 Å². The van der Waals surface area contributed by atoms with Crippen molar-refractivity contribution in [3.8, 4) is 11.3 Å². The summed E-state index contributed by atoms with van der Waals surface area (Å²) in [6.45, 7) is 6.32. The zero-order valence-corrected chi connectivity index (χ0v) is 17.3. The van der Waals surface area contributed by atoms with Gasteiger partial charge in [-0.2, -0.15) is 0 Å². The number of nitrogens with zero attached hydrogens (tertiary/aromatic N) is 1. The number of hydrogen-bond donors (Lipinski definition) is 1. The topological polar surface area (TPSA) is 55.1 Å². The molecule has 1 amide bonds. The van der Waals surface area contributed by atoms with E-state index >= 15 is 0 Å². The Morgan fingerprint density at radius 1 is 1.10 bits per heavy atom. The number of aromatic nitrogens is 1. The van der Waals surface area contributed by atoms with Gasteiger partial charge in [-0.3, -0.25) is 4.79 Å². The predicted molar refractivity (Wildman–Crippen MR) is 116 cm³/mol. The number of furan rings is 1. The summed E-state index contributed by atoms with van der Waals surface area (Å²) < 4.78 is 5.34. The summed E-state index contributed by atoms with van der Waals surface area (Å²) in [7, 11) is 0. The molecular formula is C24H21ClN2O2. The molecule has 0 aliphatic heterocycles. The smallest absolute Gasteiger partial charge is 0.252 e. The third kappa shape index (κ3) is 3.76. The summed E-state index contributed by atoms with van der Waals surface area (Å²) in [6, 6.07) is 15.3.